The molecule has 2 aliphatic rings. The predicted octanol–water partition coefficient (Wildman–Crippen LogP) is 13.9. The van der Waals surface area contributed by atoms with Gasteiger partial charge < -0.3 is 8.98 Å². The van der Waals surface area contributed by atoms with E-state index in [1.165, 1.54) is 64.2 Å². The fourth-order valence-corrected chi connectivity index (χ4v) is 11.0. The van der Waals surface area contributed by atoms with Crippen molar-refractivity contribution >= 4 is 86.8 Å². The van der Waals surface area contributed by atoms with Gasteiger partial charge in [0, 0.05) is 76.1 Å². The van der Waals surface area contributed by atoms with E-state index in [-0.39, 0.29) is 12.0 Å². The van der Waals surface area contributed by atoms with E-state index in [1.807, 2.05) is 11.3 Å². The largest absolute Gasteiger partial charge is 0.455 e. The number of aromatic nitrogens is 1. The second-order valence-electron chi connectivity index (χ2n) is 15.6. The maximum Gasteiger partial charge on any atom is 0.155 e. The van der Waals surface area contributed by atoms with E-state index < -0.39 is 0 Å². The number of rotatable bonds is 3. The van der Waals surface area contributed by atoms with Crippen molar-refractivity contribution in [3.05, 3.63) is 198 Å². The zero-order valence-electron chi connectivity index (χ0n) is 31.3. The minimum Gasteiger partial charge on any atom is -0.455 e. The molecule has 1 aliphatic heterocycles. The van der Waals surface area contributed by atoms with E-state index >= 15 is 0 Å². The second-order valence-corrected chi connectivity index (χ2v) is 16.7. The van der Waals surface area contributed by atoms with Crippen LogP contribution in [-0.4, -0.2) is 16.1 Å². The summed E-state index contributed by atoms with van der Waals surface area (Å²) in [6.07, 6.45) is 0.769. The number of amidine groups is 1. The molecule has 272 valence electrons. The first kappa shape index (κ1) is 32.1. The van der Waals surface area contributed by atoms with Gasteiger partial charge in [0.2, 0.25) is 0 Å². The Hall–Kier alpha value is -7.08. The number of furan rings is 1. The number of benzene rings is 8. The lowest BCUT2D eigenvalue weighted by Gasteiger charge is -2.31. The van der Waals surface area contributed by atoms with Gasteiger partial charge in [-0.15, -0.1) is 11.3 Å². The highest BCUT2D eigenvalue weighted by molar-refractivity contribution is 7.26. The molecule has 2 bridgehead atoms. The average molecular weight is 760 g/mol. The predicted molar refractivity (Wildman–Crippen MR) is 242 cm³/mol. The zero-order chi connectivity index (χ0) is 37.9. The van der Waals surface area contributed by atoms with Crippen LogP contribution in [0.3, 0.4) is 0 Å². The van der Waals surface area contributed by atoms with Crippen LogP contribution in [0.25, 0.3) is 80.7 Å². The number of fused-ring (bicyclic) bond motifs is 12. The fourth-order valence-electron chi connectivity index (χ4n) is 9.89. The Morgan fingerprint density at radius 1 is 0.552 bits per heavy atom. The molecule has 0 saturated heterocycles. The Bertz CT molecular complexity index is 3500. The highest BCUT2D eigenvalue weighted by Crippen LogP contribution is 2.48. The summed E-state index contributed by atoms with van der Waals surface area (Å²) in [4.78, 5) is 11.1. The van der Waals surface area contributed by atoms with Crippen LogP contribution in [0.5, 0.6) is 0 Å². The van der Waals surface area contributed by atoms with Gasteiger partial charge in [0.25, 0.3) is 0 Å². The normalized spacial score (nSPS) is 16.4. The average Bonchev–Trinajstić information content (AvgIpc) is 3.96. The Morgan fingerprint density at radius 2 is 1.22 bits per heavy atom. The third-order valence-corrected chi connectivity index (χ3v) is 13.5. The van der Waals surface area contributed by atoms with Gasteiger partial charge in [0.15, 0.2) is 5.84 Å². The maximum atomic E-state index is 7.09. The first-order valence-corrected chi connectivity index (χ1v) is 20.8. The number of nitrogens with zero attached hydrogens (tertiary/aromatic N) is 3. The van der Waals surface area contributed by atoms with Crippen LogP contribution in [0, 0.1) is 5.92 Å². The van der Waals surface area contributed by atoms with Crippen molar-refractivity contribution in [1.29, 1.82) is 0 Å². The number of hydrogen-bond donors (Lipinski definition) is 0. The van der Waals surface area contributed by atoms with Crippen LogP contribution in [0.4, 0.5) is 0 Å². The third kappa shape index (κ3) is 4.62. The molecular formula is C53H33N3OS. The van der Waals surface area contributed by atoms with Crippen molar-refractivity contribution in [1.82, 2.24) is 4.57 Å². The maximum absolute atomic E-state index is 7.09. The van der Waals surface area contributed by atoms with Crippen LogP contribution in [0.2, 0.25) is 0 Å². The van der Waals surface area contributed by atoms with Crippen LogP contribution < -0.4 is 0 Å². The molecule has 2 atom stereocenters. The number of aliphatic imine (C=N–C) groups is 2. The topological polar surface area (TPSA) is 42.8 Å². The van der Waals surface area contributed by atoms with E-state index in [0.717, 1.165) is 56.7 Å². The van der Waals surface area contributed by atoms with Gasteiger partial charge in [-0.3, -0.25) is 4.99 Å². The van der Waals surface area contributed by atoms with Gasteiger partial charge in [-0.1, -0.05) is 121 Å². The molecule has 3 aromatic heterocycles. The summed E-state index contributed by atoms with van der Waals surface area (Å²) in [6.45, 7) is 0. The first-order valence-electron chi connectivity index (χ1n) is 19.9. The SMILES string of the molecule is c1ccc(C2=NC(c3ccccc3)C3Cc4cc(c5oc6cc(-n7c8ccccc8c8ccccc87)ccc6c5c4)-c4cccc5sc6cccc(c6c45)C3=N2)cc1. The minimum absolute atomic E-state index is 0.00829. The number of thiophene rings is 1. The summed E-state index contributed by atoms with van der Waals surface area (Å²) in [7, 11) is 0. The fraction of sp³-hybridized carbons (Fsp3) is 0.0566. The van der Waals surface area contributed by atoms with Gasteiger partial charge in [0.05, 0.1) is 22.8 Å². The molecule has 8 aromatic carbocycles. The highest BCUT2D eigenvalue weighted by atomic mass is 32.1. The molecule has 0 amide bonds. The standard InChI is InChI=1S/C53H33N3OS/c1-3-13-32(14-4-1)50-42-29-31-27-40-37-26-25-34(56-43-21-9-7-17-35(43)36-18-8-10-22-44(36)56)30-45(37)57-52(40)41(28-31)38-19-11-23-46-48(38)49-39(20-12-24-47(49)58-46)51(42)55-53(54-50)33-15-5-2-6-16-33/h1-28,30,42,50H,29H2. The minimum atomic E-state index is -0.128. The summed E-state index contributed by atoms with van der Waals surface area (Å²) in [5.74, 6) is 0.775. The molecule has 0 saturated carbocycles. The molecule has 4 nitrogen and oxygen atoms in total. The summed E-state index contributed by atoms with van der Waals surface area (Å²) in [6, 6.07) is 63.5. The quantitative estimate of drug-likeness (QED) is 0.177. The lowest BCUT2D eigenvalue weighted by Crippen LogP contribution is -2.30. The van der Waals surface area contributed by atoms with Gasteiger partial charge in [-0.05, 0) is 71.6 Å². The van der Waals surface area contributed by atoms with E-state index in [2.05, 4.69) is 180 Å². The molecule has 11 aromatic rings. The lowest BCUT2D eigenvalue weighted by molar-refractivity contribution is 0.545. The van der Waals surface area contributed by atoms with Gasteiger partial charge in [-0.2, -0.15) is 0 Å². The molecule has 0 radical (unpaired) electrons. The summed E-state index contributed by atoms with van der Waals surface area (Å²) in [5.41, 5.74) is 13.3. The zero-order valence-corrected chi connectivity index (χ0v) is 32.1. The Morgan fingerprint density at radius 3 is 1.98 bits per heavy atom. The molecule has 2 unspecified atom stereocenters. The summed E-state index contributed by atoms with van der Waals surface area (Å²) < 4.78 is 12.0. The van der Waals surface area contributed by atoms with Crippen molar-refractivity contribution in [2.75, 3.05) is 0 Å². The van der Waals surface area contributed by atoms with Crippen molar-refractivity contribution < 1.29 is 4.42 Å². The van der Waals surface area contributed by atoms with Gasteiger partial charge >= 0.3 is 0 Å². The molecule has 4 heterocycles. The molecular weight excluding hydrogens is 727 g/mol. The molecule has 1 aliphatic carbocycles. The molecule has 13 rings (SSSR count). The molecule has 58 heavy (non-hydrogen) atoms. The monoisotopic (exact) mass is 759 g/mol. The van der Waals surface area contributed by atoms with Crippen LogP contribution in [-0.2, 0) is 6.42 Å². The van der Waals surface area contributed by atoms with Crippen LogP contribution in [0.1, 0.15) is 28.3 Å². The smallest absolute Gasteiger partial charge is 0.155 e. The van der Waals surface area contributed by atoms with Crippen molar-refractivity contribution in [3.63, 3.8) is 0 Å². The summed E-state index contributed by atoms with van der Waals surface area (Å²) in [5, 5.41) is 7.25. The van der Waals surface area contributed by atoms with Gasteiger partial charge in [-0.25, -0.2) is 4.99 Å². The Labute approximate surface area is 337 Å². The number of hydrogen-bond acceptors (Lipinski definition) is 4. The highest BCUT2D eigenvalue weighted by Gasteiger charge is 2.35. The summed E-state index contributed by atoms with van der Waals surface area (Å²) >= 11 is 1.86. The van der Waals surface area contributed by atoms with Crippen molar-refractivity contribution in [2.24, 2.45) is 15.9 Å². The Kier molecular flexibility index (Phi) is 6.75. The molecule has 5 heteroatoms. The molecule has 0 N–H and O–H groups in total. The van der Waals surface area contributed by atoms with E-state index in [4.69, 9.17) is 14.4 Å². The van der Waals surface area contributed by atoms with E-state index in [9.17, 15) is 0 Å². The molecule has 0 fully saturated rings. The van der Waals surface area contributed by atoms with E-state index in [0.29, 0.717) is 0 Å². The lowest BCUT2D eigenvalue weighted by atomic mass is 9.78. The van der Waals surface area contributed by atoms with Crippen LogP contribution >= 0.6 is 11.3 Å². The first-order chi connectivity index (χ1) is 28.7. The second kappa shape index (κ2) is 12.2. The third-order valence-electron chi connectivity index (χ3n) is 12.4. The van der Waals surface area contributed by atoms with Crippen LogP contribution in [0.15, 0.2) is 190 Å². The Balaban J connectivity index is 1.10. The van der Waals surface area contributed by atoms with Gasteiger partial charge in [0.1, 0.15) is 11.2 Å². The van der Waals surface area contributed by atoms with E-state index in [1.54, 1.807) is 0 Å². The number of para-hydroxylation sites is 2. The van der Waals surface area contributed by atoms with Crippen molar-refractivity contribution in [3.8, 4) is 16.8 Å². The van der Waals surface area contributed by atoms with Crippen molar-refractivity contribution in [2.45, 2.75) is 12.5 Å². The molecule has 0 spiro atoms.